The first-order chi connectivity index (χ1) is 14.1. The molecule has 0 aliphatic carbocycles. The number of sulfonamides is 1. The fourth-order valence-corrected chi connectivity index (χ4v) is 4.85. The number of hydrogen-bond donors (Lipinski definition) is 0. The van der Waals surface area contributed by atoms with Gasteiger partial charge in [-0.3, -0.25) is 4.98 Å². The first-order valence-electron chi connectivity index (χ1n) is 9.63. The maximum atomic E-state index is 12.7. The van der Waals surface area contributed by atoms with Crippen molar-refractivity contribution in [1.82, 2.24) is 19.5 Å². The van der Waals surface area contributed by atoms with E-state index in [4.69, 9.17) is 0 Å². The van der Waals surface area contributed by atoms with Crippen LogP contribution in [-0.4, -0.2) is 59.8 Å². The standard InChI is InChI=1S/C21H23N5O2S/c27-29(28,16-10-18-5-2-1-3-6-18)26-14-12-25(13-15-26)21-9-8-20(23-24-21)19-7-4-11-22-17-19/h1-9,11,17H,10,12-16H2. The quantitative estimate of drug-likeness (QED) is 0.621. The van der Waals surface area contributed by atoms with Crippen molar-refractivity contribution in [3.63, 3.8) is 0 Å². The van der Waals surface area contributed by atoms with Gasteiger partial charge in [-0.15, -0.1) is 10.2 Å². The van der Waals surface area contributed by atoms with Crippen LogP contribution in [0, 0.1) is 0 Å². The van der Waals surface area contributed by atoms with Gasteiger partial charge >= 0.3 is 0 Å². The van der Waals surface area contributed by atoms with Gasteiger partial charge in [-0.2, -0.15) is 4.31 Å². The molecule has 150 valence electrons. The molecule has 1 aliphatic rings. The summed E-state index contributed by atoms with van der Waals surface area (Å²) in [5.74, 6) is 0.898. The van der Waals surface area contributed by atoms with Crippen LogP contribution in [0.2, 0.25) is 0 Å². The second kappa shape index (κ2) is 8.67. The highest BCUT2D eigenvalue weighted by molar-refractivity contribution is 7.89. The Bertz CT molecular complexity index is 1020. The maximum Gasteiger partial charge on any atom is 0.214 e. The van der Waals surface area contributed by atoms with Gasteiger partial charge in [-0.05, 0) is 36.2 Å². The molecular formula is C21H23N5O2S. The summed E-state index contributed by atoms with van der Waals surface area (Å²) >= 11 is 0. The summed E-state index contributed by atoms with van der Waals surface area (Å²) in [6.45, 7) is 2.13. The summed E-state index contributed by atoms with van der Waals surface area (Å²) in [5.41, 5.74) is 2.73. The number of benzene rings is 1. The molecule has 29 heavy (non-hydrogen) atoms. The van der Waals surface area contributed by atoms with Crippen molar-refractivity contribution in [2.45, 2.75) is 6.42 Å². The molecule has 0 amide bonds. The number of nitrogens with zero attached hydrogens (tertiary/aromatic N) is 5. The number of piperazine rings is 1. The molecule has 7 nitrogen and oxygen atoms in total. The van der Waals surface area contributed by atoms with Crippen molar-refractivity contribution in [2.75, 3.05) is 36.8 Å². The molecule has 0 unspecified atom stereocenters. The molecule has 8 heteroatoms. The molecule has 1 saturated heterocycles. The highest BCUT2D eigenvalue weighted by Gasteiger charge is 2.27. The van der Waals surface area contributed by atoms with E-state index in [2.05, 4.69) is 20.1 Å². The van der Waals surface area contributed by atoms with E-state index in [0.717, 1.165) is 22.6 Å². The van der Waals surface area contributed by atoms with Gasteiger partial charge in [-0.25, -0.2) is 8.42 Å². The summed E-state index contributed by atoms with van der Waals surface area (Å²) in [4.78, 5) is 6.17. The van der Waals surface area contributed by atoms with Gasteiger partial charge in [0, 0.05) is 44.1 Å². The lowest BCUT2D eigenvalue weighted by molar-refractivity contribution is 0.383. The van der Waals surface area contributed by atoms with Crippen LogP contribution in [0.25, 0.3) is 11.3 Å². The van der Waals surface area contributed by atoms with Crippen LogP contribution in [-0.2, 0) is 16.4 Å². The van der Waals surface area contributed by atoms with Crippen LogP contribution in [0.4, 0.5) is 5.82 Å². The Morgan fingerprint density at radius 2 is 1.66 bits per heavy atom. The van der Waals surface area contributed by atoms with Crippen molar-refractivity contribution in [3.05, 3.63) is 72.6 Å². The van der Waals surface area contributed by atoms with Crippen LogP contribution in [0.1, 0.15) is 5.56 Å². The Balaban J connectivity index is 1.34. The number of pyridine rings is 1. The van der Waals surface area contributed by atoms with Gasteiger partial charge in [0.15, 0.2) is 5.82 Å². The van der Waals surface area contributed by atoms with E-state index in [1.165, 1.54) is 0 Å². The molecule has 1 aliphatic heterocycles. The Hall–Kier alpha value is -2.84. The zero-order chi connectivity index (χ0) is 20.1. The third-order valence-corrected chi connectivity index (χ3v) is 6.93. The van der Waals surface area contributed by atoms with Gasteiger partial charge in [0.1, 0.15) is 0 Å². The summed E-state index contributed by atoms with van der Waals surface area (Å²) in [6.07, 6.45) is 4.01. The van der Waals surface area contributed by atoms with Crippen molar-refractivity contribution in [3.8, 4) is 11.3 Å². The molecular weight excluding hydrogens is 386 g/mol. The lowest BCUT2D eigenvalue weighted by Gasteiger charge is -2.34. The van der Waals surface area contributed by atoms with Crippen molar-refractivity contribution < 1.29 is 8.42 Å². The minimum absolute atomic E-state index is 0.136. The second-order valence-electron chi connectivity index (χ2n) is 6.96. The van der Waals surface area contributed by atoms with Gasteiger partial charge < -0.3 is 4.90 Å². The molecule has 0 N–H and O–H groups in total. The topological polar surface area (TPSA) is 79.3 Å². The molecule has 0 spiro atoms. The third kappa shape index (κ3) is 4.78. The van der Waals surface area contributed by atoms with Gasteiger partial charge in [0.25, 0.3) is 0 Å². The fraction of sp³-hybridized carbons (Fsp3) is 0.286. The molecule has 4 rings (SSSR count). The van der Waals surface area contributed by atoms with E-state index in [1.807, 2.05) is 54.6 Å². The molecule has 1 fully saturated rings. The van der Waals surface area contributed by atoms with E-state index in [0.29, 0.717) is 32.6 Å². The van der Waals surface area contributed by atoms with Crippen LogP contribution < -0.4 is 4.90 Å². The number of aromatic nitrogens is 3. The zero-order valence-electron chi connectivity index (χ0n) is 16.1. The van der Waals surface area contributed by atoms with Crippen molar-refractivity contribution in [2.24, 2.45) is 0 Å². The smallest absolute Gasteiger partial charge is 0.214 e. The third-order valence-electron chi connectivity index (χ3n) is 5.06. The Morgan fingerprint density at radius 1 is 0.862 bits per heavy atom. The minimum Gasteiger partial charge on any atom is -0.352 e. The first kappa shape index (κ1) is 19.5. The Labute approximate surface area is 171 Å². The number of rotatable bonds is 6. The van der Waals surface area contributed by atoms with E-state index in [-0.39, 0.29) is 5.75 Å². The van der Waals surface area contributed by atoms with E-state index in [9.17, 15) is 8.42 Å². The largest absolute Gasteiger partial charge is 0.352 e. The van der Waals surface area contributed by atoms with Gasteiger partial charge in [0.05, 0.1) is 11.4 Å². The predicted molar refractivity (Wildman–Crippen MR) is 113 cm³/mol. The molecule has 0 saturated carbocycles. The average Bonchev–Trinajstić information content (AvgIpc) is 2.79. The fourth-order valence-electron chi connectivity index (χ4n) is 3.38. The lowest BCUT2D eigenvalue weighted by atomic mass is 10.2. The van der Waals surface area contributed by atoms with E-state index >= 15 is 0 Å². The van der Waals surface area contributed by atoms with Gasteiger partial charge in [0.2, 0.25) is 10.0 Å². The van der Waals surface area contributed by atoms with E-state index in [1.54, 1.807) is 16.7 Å². The van der Waals surface area contributed by atoms with Crippen molar-refractivity contribution >= 4 is 15.8 Å². The first-order valence-corrected chi connectivity index (χ1v) is 11.2. The minimum atomic E-state index is -3.27. The molecule has 0 atom stereocenters. The Morgan fingerprint density at radius 3 is 2.31 bits per heavy atom. The maximum absolute atomic E-state index is 12.7. The average molecular weight is 410 g/mol. The summed E-state index contributed by atoms with van der Waals surface area (Å²) in [7, 11) is -3.27. The zero-order valence-corrected chi connectivity index (χ0v) is 16.9. The highest BCUT2D eigenvalue weighted by atomic mass is 32.2. The van der Waals surface area contributed by atoms with Crippen LogP contribution in [0.3, 0.4) is 0 Å². The normalized spacial score (nSPS) is 15.4. The SMILES string of the molecule is O=S(=O)(CCc1ccccc1)N1CCN(c2ccc(-c3cccnc3)nn2)CC1. The van der Waals surface area contributed by atoms with Crippen LogP contribution in [0.15, 0.2) is 67.0 Å². The van der Waals surface area contributed by atoms with Crippen LogP contribution >= 0.6 is 0 Å². The molecule has 1 aromatic carbocycles. The molecule has 2 aromatic heterocycles. The molecule has 3 heterocycles. The summed E-state index contributed by atoms with van der Waals surface area (Å²) in [6, 6.07) is 17.4. The summed E-state index contributed by atoms with van der Waals surface area (Å²) in [5, 5.41) is 8.61. The lowest BCUT2D eigenvalue weighted by Crippen LogP contribution is -2.49. The molecule has 0 radical (unpaired) electrons. The molecule has 3 aromatic rings. The highest BCUT2D eigenvalue weighted by Crippen LogP contribution is 2.19. The summed E-state index contributed by atoms with van der Waals surface area (Å²) < 4.78 is 26.9. The Kier molecular flexibility index (Phi) is 5.82. The number of anilines is 1. The van der Waals surface area contributed by atoms with Gasteiger partial charge in [-0.1, -0.05) is 30.3 Å². The van der Waals surface area contributed by atoms with Crippen LogP contribution in [0.5, 0.6) is 0 Å². The second-order valence-corrected chi connectivity index (χ2v) is 9.04. The predicted octanol–water partition coefficient (Wildman–Crippen LogP) is 2.23. The van der Waals surface area contributed by atoms with Crippen molar-refractivity contribution in [1.29, 1.82) is 0 Å². The molecule has 0 bridgehead atoms. The van der Waals surface area contributed by atoms with E-state index < -0.39 is 10.0 Å². The number of hydrogen-bond acceptors (Lipinski definition) is 6. The number of aryl methyl sites for hydroxylation is 1. The monoisotopic (exact) mass is 409 g/mol.